The Morgan fingerprint density at radius 3 is 1.07 bits per heavy atom. The summed E-state index contributed by atoms with van der Waals surface area (Å²) in [5.41, 5.74) is 1.60. The van der Waals surface area contributed by atoms with Gasteiger partial charge in [-0.05, 0) is 0 Å². The van der Waals surface area contributed by atoms with Gasteiger partial charge in [0.2, 0.25) is 0 Å². The standard InChI is InChI=1S/C30H44N4O24/c35-1-5-11(39)13(41)19(47)29(55-5)57-21-7(3-37)53-27(17(45)15(21)43)33-25(51)9(23(49)31-33)10-24(50)32-34(26(10)52)28-18(46)16(44)22(8(4-38)54-28)58-30-20(48)14(42)12(40)6(2-36)56-30/h5-8,11-22,27-30,35-48H,1-4H2,(H,31,49)(H,32,50)/b10-9-/t5-,6-,7-,8-,11+,12+,13+,14+,15-,16-,17-,18-,19-,20-,21-,22-,27?,28?,29?,30?/m1/s1. The number of nitrogens with zero attached hydrogens (tertiary/aromatic N) is 2. The second-order valence-electron chi connectivity index (χ2n) is 14.0. The van der Waals surface area contributed by atoms with Crippen molar-refractivity contribution >= 4 is 23.6 Å². The molecule has 20 atom stereocenters. The molecule has 0 saturated carbocycles. The Balaban J connectivity index is 1.17. The molecule has 0 bridgehead atoms. The summed E-state index contributed by atoms with van der Waals surface area (Å²) in [6.07, 6.45) is -37.9. The quantitative estimate of drug-likeness (QED) is 0.0717. The molecular weight excluding hydrogens is 800 g/mol. The molecule has 6 aliphatic rings. The van der Waals surface area contributed by atoms with Crippen LogP contribution in [-0.4, -0.2) is 254 Å². The van der Waals surface area contributed by atoms with E-state index in [1.54, 1.807) is 0 Å². The largest absolute Gasteiger partial charge is 0.394 e. The molecule has 6 aliphatic heterocycles. The number of aliphatic hydroxyl groups excluding tert-OH is 14. The lowest BCUT2D eigenvalue weighted by molar-refractivity contribution is -0.348. The minimum Gasteiger partial charge on any atom is -0.394 e. The zero-order valence-electron chi connectivity index (χ0n) is 29.6. The van der Waals surface area contributed by atoms with Crippen LogP contribution in [0.15, 0.2) is 11.1 Å². The highest BCUT2D eigenvalue weighted by Crippen LogP contribution is 2.34. The minimum atomic E-state index is -2.23. The molecular formula is C30H44N4O24. The van der Waals surface area contributed by atoms with Gasteiger partial charge < -0.3 is 99.9 Å². The monoisotopic (exact) mass is 844 g/mol. The third-order valence-electron chi connectivity index (χ3n) is 10.5. The molecule has 58 heavy (non-hydrogen) atoms. The van der Waals surface area contributed by atoms with Crippen LogP contribution in [0.3, 0.4) is 0 Å². The van der Waals surface area contributed by atoms with Gasteiger partial charge in [-0.15, -0.1) is 0 Å². The number of hydrazine groups is 2. The van der Waals surface area contributed by atoms with E-state index in [4.69, 9.17) is 28.4 Å². The predicted octanol–water partition coefficient (Wildman–Crippen LogP) is -12.7. The van der Waals surface area contributed by atoms with Crippen molar-refractivity contribution in [3.05, 3.63) is 11.1 Å². The maximum absolute atomic E-state index is 13.7. The molecule has 0 aromatic rings. The smallest absolute Gasteiger partial charge is 0.281 e. The second kappa shape index (κ2) is 17.4. The zero-order valence-corrected chi connectivity index (χ0v) is 29.6. The highest BCUT2D eigenvalue weighted by atomic mass is 16.7. The molecule has 0 aromatic carbocycles. The summed E-state index contributed by atoms with van der Waals surface area (Å²) in [5, 5.41) is 144. The van der Waals surface area contributed by atoms with Crippen LogP contribution in [-0.2, 0) is 47.6 Å². The van der Waals surface area contributed by atoms with Crippen LogP contribution < -0.4 is 10.9 Å². The van der Waals surface area contributed by atoms with Gasteiger partial charge in [0.15, 0.2) is 25.0 Å². The molecule has 0 aliphatic carbocycles. The van der Waals surface area contributed by atoms with Crippen LogP contribution >= 0.6 is 0 Å². The van der Waals surface area contributed by atoms with Gasteiger partial charge in [-0.25, -0.2) is 10.0 Å². The van der Waals surface area contributed by atoms with Gasteiger partial charge in [0.05, 0.1) is 26.4 Å². The van der Waals surface area contributed by atoms with Crippen LogP contribution in [0.4, 0.5) is 0 Å². The molecule has 4 unspecified atom stereocenters. The summed E-state index contributed by atoms with van der Waals surface area (Å²) in [5.74, 6) is -5.86. The van der Waals surface area contributed by atoms with E-state index in [1.807, 2.05) is 10.9 Å². The first kappa shape index (κ1) is 44.4. The Bertz CT molecular complexity index is 1470. The van der Waals surface area contributed by atoms with Gasteiger partial charge >= 0.3 is 0 Å². The van der Waals surface area contributed by atoms with Crippen molar-refractivity contribution in [1.82, 2.24) is 20.9 Å². The van der Waals surface area contributed by atoms with Gasteiger partial charge in [0, 0.05) is 0 Å². The van der Waals surface area contributed by atoms with Crippen LogP contribution in [0, 0.1) is 0 Å². The minimum absolute atomic E-state index is 0.271. The van der Waals surface area contributed by atoms with Gasteiger partial charge in [0.1, 0.15) is 109 Å². The van der Waals surface area contributed by atoms with Gasteiger partial charge in [0.25, 0.3) is 23.6 Å². The van der Waals surface area contributed by atoms with Crippen LogP contribution in [0.5, 0.6) is 0 Å². The lowest BCUT2D eigenvalue weighted by atomic mass is 9.96. The fourth-order valence-corrected chi connectivity index (χ4v) is 7.23. The van der Waals surface area contributed by atoms with E-state index in [1.165, 1.54) is 0 Å². The molecule has 6 rings (SSSR count). The summed E-state index contributed by atoms with van der Waals surface area (Å²) in [6.45, 7) is -3.75. The summed E-state index contributed by atoms with van der Waals surface area (Å²) in [7, 11) is 0. The number of hydrogen-bond acceptors (Lipinski definition) is 24. The highest BCUT2D eigenvalue weighted by Gasteiger charge is 2.58. The van der Waals surface area contributed by atoms with Crippen LogP contribution in [0.2, 0.25) is 0 Å². The average molecular weight is 845 g/mol. The van der Waals surface area contributed by atoms with Crippen molar-refractivity contribution in [1.29, 1.82) is 0 Å². The first-order valence-electron chi connectivity index (χ1n) is 17.6. The molecule has 328 valence electrons. The van der Waals surface area contributed by atoms with E-state index in [0.29, 0.717) is 0 Å². The summed E-state index contributed by atoms with van der Waals surface area (Å²) >= 11 is 0. The number of aliphatic hydroxyl groups is 14. The summed E-state index contributed by atoms with van der Waals surface area (Å²) < 4.78 is 32.5. The first-order valence-corrected chi connectivity index (χ1v) is 17.6. The SMILES string of the molecule is O=C1NN(C2O[C@H](CO)[C@@H](OC3O[C@H](CO)[C@H](O)[C@H](O)[C@H]3O)[C@H](O)[C@H]2O)C(=O)/C1=C1/C(=O)NN(C2O[C@H](CO)[C@@H](OC3O[C@H](CO)[C@H](O)[C@H](O)[C@H]3O)[C@H](O)[C@H]2O)C1=O. The molecule has 0 radical (unpaired) electrons. The topological polar surface area (TPSA) is 437 Å². The number of ether oxygens (including phenoxy) is 6. The van der Waals surface area contributed by atoms with E-state index in [0.717, 1.165) is 0 Å². The molecule has 28 nitrogen and oxygen atoms in total. The second-order valence-corrected chi connectivity index (χ2v) is 14.0. The van der Waals surface area contributed by atoms with Crippen LogP contribution in [0.25, 0.3) is 0 Å². The van der Waals surface area contributed by atoms with Crippen molar-refractivity contribution in [2.75, 3.05) is 26.4 Å². The zero-order chi connectivity index (χ0) is 42.7. The van der Waals surface area contributed by atoms with Crippen molar-refractivity contribution in [2.45, 2.75) is 123 Å². The maximum Gasteiger partial charge on any atom is 0.281 e. The summed E-state index contributed by atoms with van der Waals surface area (Å²) in [6, 6.07) is 0. The van der Waals surface area contributed by atoms with Crippen molar-refractivity contribution in [3.8, 4) is 0 Å². The predicted molar refractivity (Wildman–Crippen MR) is 170 cm³/mol. The normalized spacial score (nSPS) is 47.8. The Hall–Kier alpha value is -3.18. The Labute approximate surface area is 324 Å². The number of hydrogen-bond donors (Lipinski definition) is 16. The fraction of sp³-hybridized carbons (Fsp3) is 0.800. The van der Waals surface area contributed by atoms with E-state index in [9.17, 15) is 90.7 Å². The number of rotatable bonds is 10. The lowest BCUT2D eigenvalue weighted by Gasteiger charge is -2.47. The fourth-order valence-electron chi connectivity index (χ4n) is 7.23. The highest BCUT2D eigenvalue weighted by molar-refractivity contribution is 6.35. The average Bonchev–Trinajstić information content (AvgIpc) is 3.66. The van der Waals surface area contributed by atoms with E-state index >= 15 is 0 Å². The van der Waals surface area contributed by atoms with E-state index in [-0.39, 0.29) is 10.0 Å². The third kappa shape index (κ3) is 7.58. The maximum atomic E-state index is 13.7. The van der Waals surface area contributed by atoms with E-state index < -0.39 is 184 Å². The molecule has 0 spiro atoms. The van der Waals surface area contributed by atoms with Gasteiger partial charge in [-0.3, -0.25) is 30.0 Å². The third-order valence-corrected chi connectivity index (χ3v) is 10.5. The molecule has 0 aromatic heterocycles. The first-order chi connectivity index (χ1) is 27.4. The number of amides is 4. The number of carbonyl (C=O) groups is 4. The lowest BCUT2D eigenvalue weighted by Crippen LogP contribution is -2.67. The number of nitrogens with one attached hydrogen (secondary N) is 2. The number of carbonyl (C=O) groups excluding carboxylic acids is 4. The Morgan fingerprint density at radius 2 is 0.759 bits per heavy atom. The molecule has 28 heteroatoms. The molecule has 6 heterocycles. The molecule has 16 N–H and O–H groups in total. The van der Waals surface area contributed by atoms with Crippen molar-refractivity contribution in [2.24, 2.45) is 0 Å². The van der Waals surface area contributed by atoms with Crippen molar-refractivity contribution in [3.63, 3.8) is 0 Å². The Morgan fingerprint density at radius 1 is 0.431 bits per heavy atom. The Kier molecular flexibility index (Phi) is 13.3. The summed E-state index contributed by atoms with van der Waals surface area (Å²) in [4.78, 5) is 53.6. The van der Waals surface area contributed by atoms with E-state index in [2.05, 4.69) is 0 Å². The molecule has 6 fully saturated rings. The molecule has 4 amide bonds. The van der Waals surface area contributed by atoms with Gasteiger partial charge in [-0.2, -0.15) is 0 Å². The van der Waals surface area contributed by atoms with Crippen molar-refractivity contribution < 1.29 is 119 Å². The molecule has 6 saturated heterocycles. The van der Waals surface area contributed by atoms with Gasteiger partial charge in [-0.1, -0.05) is 0 Å². The van der Waals surface area contributed by atoms with Crippen LogP contribution in [0.1, 0.15) is 0 Å².